The number of allylic oxidation sites excluding steroid dienone is 4. The Labute approximate surface area is 252 Å². The molecule has 0 aromatic heterocycles. The van der Waals surface area contributed by atoms with E-state index in [1.54, 1.807) is 16.3 Å². The Hall–Kier alpha value is -0.279. The molecule has 5 heteroatoms. The van der Waals surface area contributed by atoms with Gasteiger partial charge in [0.15, 0.2) is 0 Å². The minimum Gasteiger partial charge on any atom is -1.00 e. The van der Waals surface area contributed by atoms with Crippen LogP contribution in [0.25, 0.3) is 5.57 Å². The molecule has 0 nitrogen and oxygen atoms in total. The summed E-state index contributed by atoms with van der Waals surface area (Å²) < 4.78 is 0.137. The normalized spacial score (nSPS) is 16.6. The van der Waals surface area contributed by atoms with Gasteiger partial charge in [-0.15, -0.1) is 0 Å². The van der Waals surface area contributed by atoms with Crippen molar-refractivity contribution in [1.29, 1.82) is 0 Å². The summed E-state index contributed by atoms with van der Waals surface area (Å²) in [5.74, 6) is 0. The van der Waals surface area contributed by atoms with Gasteiger partial charge in [0.25, 0.3) is 0 Å². The molecule has 0 N–H and O–H groups in total. The second-order valence-electron chi connectivity index (χ2n) is 10.5. The average molecular weight is 598 g/mol. The molecule has 0 bridgehead atoms. The monoisotopic (exact) mass is 596 g/mol. The molecule has 0 heterocycles. The van der Waals surface area contributed by atoms with Gasteiger partial charge in [-0.1, -0.05) is 0 Å². The standard InChI is InChI=1S/C31H43Si.3ClH.Ti/c1-5-7-9-12-16-26-22-27(17-13-10-8-6-2)24-31(23-26)32(3,4)30-21-20-29(25-30)28-18-14-11-15-19-28;;;;/h11,14-15,18-25H,5-10,12-13,16-17H2,1-4H3;3*1H;/q;;;;+3/p-3. The summed E-state index contributed by atoms with van der Waals surface area (Å²) in [7, 11) is -1.78. The van der Waals surface area contributed by atoms with Crippen LogP contribution in [0.3, 0.4) is 0 Å². The molecule has 1 atom stereocenters. The van der Waals surface area contributed by atoms with Gasteiger partial charge in [-0.25, -0.2) is 0 Å². The van der Waals surface area contributed by atoms with E-state index in [4.69, 9.17) is 0 Å². The van der Waals surface area contributed by atoms with E-state index < -0.39 is 8.07 Å². The topological polar surface area (TPSA) is 0 Å². The molecule has 196 valence electrons. The van der Waals surface area contributed by atoms with Crippen molar-refractivity contribution in [2.75, 3.05) is 0 Å². The molecule has 1 aliphatic carbocycles. The molecule has 0 saturated carbocycles. The Kier molecular flexibility index (Phi) is 17.2. The predicted octanol–water partition coefficient (Wildman–Crippen LogP) is -0.242. The Morgan fingerprint density at radius 2 is 1.25 bits per heavy atom. The average Bonchev–Trinajstić information content (AvgIpc) is 3.24. The SMILES string of the molecule is CCCCCCc1cc(CCCCCC)cc([Si](C)(C)[C]2([Ti+3])C=CC(c3ccccc3)=C2)c1.[Cl-].[Cl-].[Cl-]. The second-order valence-corrected chi connectivity index (χ2v) is 17.2. The second kappa shape index (κ2) is 17.3. The molecule has 2 aromatic rings. The first-order chi connectivity index (χ1) is 15.9. The van der Waals surface area contributed by atoms with Crippen LogP contribution in [-0.4, -0.2) is 8.07 Å². The molecule has 1 aliphatic rings. The van der Waals surface area contributed by atoms with Gasteiger partial charge in [0.05, 0.1) is 0 Å². The Morgan fingerprint density at radius 1 is 0.722 bits per heavy atom. The minimum atomic E-state index is -1.78. The van der Waals surface area contributed by atoms with Gasteiger partial charge in [-0.05, 0) is 0 Å². The minimum absolute atomic E-state index is 0. The molecule has 0 saturated heterocycles. The number of unbranched alkanes of at least 4 members (excludes halogenated alkanes) is 6. The molecular weight excluding hydrogens is 555 g/mol. The number of rotatable bonds is 13. The van der Waals surface area contributed by atoms with E-state index in [0.29, 0.717) is 0 Å². The van der Waals surface area contributed by atoms with Crippen molar-refractivity contribution in [2.45, 2.75) is 94.5 Å². The third-order valence-corrected chi connectivity index (χ3v) is 15.0. The van der Waals surface area contributed by atoms with Crippen molar-refractivity contribution in [3.8, 4) is 0 Å². The van der Waals surface area contributed by atoms with Crippen LogP contribution in [-0.2, 0) is 33.3 Å². The zero-order chi connectivity index (χ0) is 23.7. The van der Waals surface area contributed by atoms with Gasteiger partial charge in [-0.2, -0.15) is 0 Å². The predicted molar refractivity (Wildman–Crippen MR) is 146 cm³/mol. The third kappa shape index (κ3) is 9.48. The maximum atomic E-state index is 2.58. The maximum Gasteiger partial charge on any atom is -1.00 e. The van der Waals surface area contributed by atoms with Crippen LogP contribution in [0.1, 0.15) is 81.9 Å². The molecular formula is C31H43Cl3SiTi. The number of benzene rings is 2. The molecule has 2 aromatic carbocycles. The molecule has 36 heavy (non-hydrogen) atoms. The fraction of sp³-hybridized carbons (Fsp3) is 0.484. The summed E-state index contributed by atoms with van der Waals surface area (Å²) in [4.78, 5) is 0. The largest absolute Gasteiger partial charge is 1.00 e. The Bertz CT molecular complexity index is 925. The van der Waals surface area contributed by atoms with Crippen LogP contribution in [0.4, 0.5) is 0 Å². The van der Waals surface area contributed by atoms with Crippen LogP contribution < -0.4 is 42.4 Å². The van der Waals surface area contributed by atoms with Gasteiger partial charge < -0.3 is 37.2 Å². The van der Waals surface area contributed by atoms with Gasteiger partial charge in [0, 0.05) is 0 Å². The van der Waals surface area contributed by atoms with Gasteiger partial charge in [0.1, 0.15) is 0 Å². The van der Waals surface area contributed by atoms with Crippen LogP contribution >= 0.6 is 0 Å². The number of hydrogen-bond donors (Lipinski definition) is 0. The van der Waals surface area contributed by atoms with E-state index in [9.17, 15) is 0 Å². The Balaban J connectivity index is 0.00000408. The van der Waals surface area contributed by atoms with E-state index in [0.717, 1.165) is 0 Å². The molecule has 0 fully saturated rings. The molecule has 0 amide bonds. The Morgan fingerprint density at radius 3 is 1.75 bits per heavy atom. The number of hydrogen-bond acceptors (Lipinski definition) is 0. The summed E-state index contributed by atoms with van der Waals surface area (Å²) in [6.07, 6.45) is 20.6. The zero-order valence-electron chi connectivity index (χ0n) is 22.6. The van der Waals surface area contributed by atoms with Crippen molar-refractivity contribution < 1.29 is 57.7 Å². The van der Waals surface area contributed by atoms with Crippen LogP contribution in [0.15, 0.2) is 66.8 Å². The molecule has 0 spiro atoms. The summed E-state index contributed by atoms with van der Waals surface area (Å²) in [5, 5.41) is 1.64. The zero-order valence-corrected chi connectivity index (χ0v) is 27.4. The van der Waals surface area contributed by atoms with Crippen molar-refractivity contribution in [1.82, 2.24) is 0 Å². The first kappa shape index (κ1) is 35.7. The molecule has 1 unspecified atom stereocenters. The number of aryl methyl sites for hydroxylation is 2. The van der Waals surface area contributed by atoms with E-state index in [1.165, 1.54) is 75.3 Å². The number of halogens is 3. The first-order valence-corrected chi connectivity index (χ1v) is 17.0. The summed E-state index contributed by atoms with van der Waals surface area (Å²) in [5.41, 5.74) is 5.87. The van der Waals surface area contributed by atoms with Crippen molar-refractivity contribution >= 4 is 18.8 Å². The fourth-order valence-corrected chi connectivity index (χ4v) is 8.56. The summed E-state index contributed by atoms with van der Waals surface area (Å²) >= 11 is 2.47. The third-order valence-electron chi connectivity index (χ3n) is 7.46. The fourth-order valence-electron chi connectivity index (χ4n) is 4.92. The van der Waals surface area contributed by atoms with E-state index in [-0.39, 0.29) is 40.6 Å². The van der Waals surface area contributed by atoms with E-state index in [1.807, 2.05) is 0 Å². The van der Waals surface area contributed by atoms with E-state index >= 15 is 0 Å². The van der Waals surface area contributed by atoms with Crippen molar-refractivity contribution in [2.24, 2.45) is 0 Å². The summed E-state index contributed by atoms with van der Waals surface area (Å²) in [6, 6.07) is 18.6. The van der Waals surface area contributed by atoms with Crippen LogP contribution in [0.2, 0.25) is 16.4 Å². The van der Waals surface area contributed by atoms with E-state index in [2.05, 4.69) is 114 Å². The van der Waals surface area contributed by atoms with Gasteiger partial charge in [0.2, 0.25) is 0 Å². The molecule has 0 aliphatic heterocycles. The van der Waals surface area contributed by atoms with Gasteiger partial charge >= 0.3 is 217 Å². The smallest absolute Gasteiger partial charge is 1.00 e. The van der Waals surface area contributed by atoms with Crippen molar-refractivity contribution in [3.05, 3.63) is 83.4 Å². The van der Waals surface area contributed by atoms with Gasteiger partial charge in [-0.3, -0.25) is 0 Å². The molecule has 0 radical (unpaired) electrons. The van der Waals surface area contributed by atoms with Crippen molar-refractivity contribution in [3.63, 3.8) is 0 Å². The first-order valence-electron chi connectivity index (χ1n) is 13.3. The summed E-state index contributed by atoms with van der Waals surface area (Å²) in [6.45, 7) is 9.77. The van der Waals surface area contributed by atoms with Crippen LogP contribution in [0.5, 0.6) is 0 Å². The van der Waals surface area contributed by atoms with Crippen LogP contribution in [0, 0.1) is 0 Å². The quantitative estimate of drug-likeness (QED) is 0.221. The molecule has 3 rings (SSSR count). The maximum absolute atomic E-state index is 2.58.